The number of likely N-dealkylation sites (tertiary alicyclic amines) is 1. The second-order valence-electron chi connectivity index (χ2n) is 4.81. The molecule has 1 aromatic carbocycles. The van der Waals surface area contributed by atoms with E-state index in [0.29, 0.717) is 19.4 Å². The molecule has 1 aliphatic heterocycles. The van der Waals surface area contributed by atoms with Crippen LogP contribution in [0, 0.1) is 0 Å². The van der Waals surface area contributed by atoms with Crippen molar-refractivity contribution >= 4 is 11.9 Å². The lowest BCUT2D eigenvalue weighted by Crippen LogP contribution is -2.44. The molecule has 1 aromatic rings. The Labute approximate surface area is 118 Å². The van der Waals surface area contributed by atoms with Gasteiger partial charge in [-0.3, -0.25) is 14.5 Å². The van der Waals surface area contributed by atoms with E-state index in [4.69, 9.17) is 9.47 Å². The van der Waals surface area contributed by atoms with Crippen molar-refractivity contribution in [2.75, 3.05) is 14.2 Å². The molecule has 5 nitrogen and oxygen atoms in total. The van der Waals surface area contributed by atoms with E-state index >= 15 is 0 Å². The second-order valence-corrected chi connectivity index (χ2v) is 4.81. The molecule has 0 aliphatic carbocycles. The van der Waals surface area contributed by atoms with Gasteiger partial charge in [-0.15, -0.1) is 0 Å². The topological polar surface area (TPSA) is 55.8 Å². The van der Waals surface area contributed by atoms with Crippen LogP contribution in [0.5, 0.6) is 0 Å². The van der Waals surface area contributed by atoms with Crippen LogP contribution in [0.4, 0.5) is 0 Å². The van der Waals surface area contributed by atoms with Crippen molar-refractivity contribution in [3.8, 4) is 0 Å². The van der Waals surface area contributed by atoms with E-state index in [-0.39, 0.29) is 24.0 Å². The quantitative estimate of drug-likeness (QED) is 0.778. The number of esters is 2. The van der Waals surface area contributed by atoms with E-state index < -0.39 is 0 Å². The Balaban J connectivity index is 2.20. The maximum Gasteiger partial charge on any atom is 0.323 e. The van der Waals surface area contributed by atoms with Gasteiger partial charge in [0.2, 0.25) is 0 Å². The summed E-state index contributed by atoms with van der Waals surface area (Å²) in [6.07, 6.45) is 1.22. The first kappa shape index (κ1) is 14.5. The van der Waals surface area contributed by atoms with Gasteiger partial charge in [-0.05, 0) is 18.4 Å². The molecule has 0 aromatic heterocycles. The van der Waals surface area contributed by atoms with Crippen LogP contribution in [-0.2, 0) is 25.6 Å². The normalized spacial score (nSPS) is 22.5. The zero-order valence-corrected chi connectivity index (χ0v) is 11.7. The van der Waals surface area contributed by atoms with Crippen LogP contribution in [-0.4, -0.2) is 43.1 Å². The summed E-state index contributed by atoms with van der Waals surface area (Å²) in [6, 6.07) is 8.98. The molecule has 1 aliphatic rings. The average molecular weight is 277 g/mol. The first-order valence-corrected chi connectivity index (χ1v) is 6.62. The highest BCUT2D eigenvalue weighted by atomic mass is 16.5. The van der Waals surface area contributed by atoms with Gasteiger partial charge in [-0.2, -0.15) is 0 Å². The number of hydrogen-bond acceptors (Lipinski definition) is 5. The van der Waals surface area contributed by atoms with Crippen molar-refractivity contribution in [2.24, 2.45) is 0 Å². The van der Waals surface area contributed by atoms with Crippen LogP contribution < -0.4 is 0 Å². The highest BCUT2D eigenvalue weighted by molar-refractivity contribution is 5.81. The number of benzene rings is 1. The number of carbonyl (C=O) groups excluding carboxylic acids is 2. The Kier molecular flexibility index (Phi) is 4.74. The van der Waals surface area contributed by atoms with Crippen LogP contribution in [0.25, 0.3) is 0 Å². The molecule has 2 unspecified atom stereocenters. The number of carbonyl (C=O) groups is 2. The van der Waals surface area contributed by atoms with E-state index in [2.05, 4.69) is 0 Å². The number of rotatable bonds is 4. The monoisotopic (exact) mass is 277 g/mol. The minimum atomic E-state index is -0.385. The van der Waals surface area contributed by atoms with Gasteiger partial charge in [-0.25, -0.2) is 0 Å². The first-order valence-electron chi connectivity index (χ1n) is 6.62. The van der Waals surface area contributed by atoms with Gasteiger partial charge in [0.25, 0.3) is 0 Å². The number of hydrogen-bond donors (Lipinski definition) is 0. The molecule has 0 spiro atoms. The van der Waals surface area contributed by atoms with Gasteiger partial charge in [0, 0.05) is 6.54 Å². The third-order valence-electron chi connectivity index (χ3n) is 3.67. The summed E-state index contributed by atoms with van der Waals surface area (Å²) in [7, 11) is 2.74. The van der Waals surface area contributed by atoms with E-state index in [1.807, 2.05) is 35.2 Å². The summed E-state index contributed by atoms with van der Waals surface area (Å²) in [5, 5.41) is 0. The lowest BCUT2D eigenvalue weighted by atomic mass is 10.2. The number of nitrogens with zero attached hydrogens (tertiary/aromatic N) is 1. The predicted octanol–water partition coefficient (Wildman–Crippen LogP) is 1.37. The maximum absolute atomic E-state index is 11.9. The van der Waals surface area contributed by atoms with Crippen molar-refractivity contribution < 1.29 is 19.1 Å². The smallest absolute Gasteiger partial charge is 0.323 e. The molecule has 0 saturated carbocycles. The molecule has 1 fully saturated rings. The highest BCUT2D eigenvalue weighted by Gasteiger charge is 2.42. The average Bonchev–Trinajstić information content (AvgIpc) is 2.90. The molecule has 1 heterocycles. The Bertz CT molecular complexity index is 450. The standard InChI is InChI=1S/C15H19NO4/c1-19-14(17)12-8-9-13(15(18)20-2)16(12)10-11-6-4-3-5-7-11/h3-7,12-13H,8-10H2,1-2H3. The fourth-order valence-corrected chi connectivity index (χ4v) is 2.66. The number of ether oxygens (including phenoxy) is 2. The van der Waals surface area contributed by atoms with Crippen LogP contribution >= 0.6 is 0 Å². The summed E-state index contributed by atoms with van der Waals surface area (Å²) >= 11 is 0. The van der Waals surface area contributed by atoms with E-state index in [0.717, 1.165) is 5.56 Å². The van der Waals surface area contributed by atoms with E-state index in [9.17, 15) is 9.59 Å². The number of methoxy groups -OCH3 is 2. The molecule has 0 amide bonds. The Morgan fingerprint density at radius 2 is 1.55 bits per heavy atom. The van der Waals surface area contributed by atoms with E-state index in [1.165, 1.54) is 14.2 Å². The van der Waals surface area contributed by atoms with Gasteiger partial charge < -0.3 is 9.47 Å². The van der Waals surface area contributed by atoms with Gasteiger partial charge in [-0.1, -0.05) is 30.3 Å². The molecular weight excluding hydrogens is 258 g/mol. The zero-order chi connectivity index (χ0) is 14.5. The molecule has 5 heteroatoms. The lowest BCUT2D eigenvalue weighted by molar-refractivity contribution is -0.151. The summed E-state index contributed by atoms with van der Waals surface area (Å²) in [6.45, 7) is 0.528. The van der Waals surface area contributed by atoms with Gasteiger partial charge in [0.05, 0.1) is 14.2 Å². The summed E-state index contributed by atoms with van der Waals surface area (Å²) in [5.74, 6) is -0.598. The summed E-state index contributed by atoms with van der Waals surface area (Å²) in [4.78, 5) is 25.6. The molecule has 0 bridgehead atoms. The van der Waals surface area contributed by atoms with Gasteiger partial charge in [0.1, 0.15) is 12.1 Å². The van der Waals surface area contributed by atoms with Gasteiger partial charge in [0.15, 0.2) is 0 Å². The zero-order valence-electron chi connectivity index (χ0n) is 11.7. The van der Waals surface area contributed by atoms with Crippen LogP contribution in [0.2, 0.25) is 0 Å². The molecule has 108 valence electrons. The molecule has 0 radical (unpaired) electrons. The second kappa shape index (κ2) is 6.52. The third kappa shape index (κ3) is 2.99. The molecular formula is C15H19NO4. The molecule has 1 saturated heterocycles. The minimum absolute atomic E-state index is 0.299. The van der Waals surface area contributed by atoms with Crippen molar-refractivity contribution in [3.63, 3.8) is 0 Å². The third-order valence-corrected chi connectivity index (χ3v) is 3.67. The maximum atomic E-state index is 11.9. The Morgan fingerprint density at radius 1 is 1.05 bits per heavy atom. The molecule has 2 rings (SSSR count). The van der Waals surface area contributed by atoms with Crippen molar-refractivity contribution in [2.45, 2.75) is 31.5 Å². The van der Waals surface area contributed by atoms with Crippen molar-refractivity contribution in [3.05, 3.63) is 35.9 Å². The van der Waals surface area contributed by atoms with Crippen molar-refractivity contribution in [1.82, 2.24) is 4.90 Å². The predicted molar refractivity (Wildman–Crippen MR) is 72.8 cm³/mol. The summed E-state index contributed by atoms with van der Waals surface area (Å²) in [5.41, 5.74) is 1.05. The fourth-order valence-electron chi connectivity index (χ4n) is 2.66. The van der Waals surface area contributed by atoms with Crippen molar-refractivity contribution in [1.29, 1.82) is 0 Å². The first-order chi connectivity index (χ1) is 9.67. The van der Waals surface area contributed by atoms with E-state index in [1.54, 1.807) is 0 Å². The Hall–Kier alpha value is -1.88. The summed E-state index contributed by atoms with van der Waals surface area (Å²) < 4.78 is 9.66. The molecule has 20 heavy (non-hydrogen) atoms. The van der Waals surface area contributed by atoms with Crippen LogP contribution in [0.1, 0.15) is 18.4 Å². The molecule has 2 atom stereocenters. The minimum Gasteiger partial charge on any atom is -0.468 e. The highest BCUT2D eigenvalue weighted by Crippen LogP contribution is 2.28. The van der Waals surface area contributed by atoms with Crippen LogP contribution in [0.3, 0.4) is 0 Å². The Morgan fingerprint density at radius 3 is 2.00 bits per heavy atom. The largest absolute Gasteiger partial charge is 0.468 e. The SMILES string of the molecule is COC(=O)C1CCC(C(=O)OC)N1Cc1ccccc1. The van der Waals surface area contributed by atoms with Gasteiger partial charge >= 0.3 is 11.9 Å². The molecule has 0 N–H and O–H groups in total. The van der Waals surface area contributed by atoms with Crippen LogP contribution in [0.15, 0.2) is 30.3 Å². The fraction of sp³-hybridized carbons (Fsp3) is 0.467. The lowest BCUT2D eigenvalue weighted by Gasteiger charge is -2.27.